The molecule has 0 radical (unpaired) electrons. The molecule has 0 saturated carbocycles. The van der Waals surface area contributed by atoms with Crippen LogP contribution in [0, 0.1) is 5.92 Å². The van der Waals surface area contributed by atoms with E-state index < -0.39 is 5.97 Å². The molecule has 0 aromatic rings. The summed E-state index contributed by atoms with van der Waals surface area (Å²) in [5, 5.41) is 8.89. The van der Waals surface area contributed by atoms with Gasteiger partial charge in [0.05, 0.1) is 0 Å². The molecule has 0 amide bonds. The van der Waals surface area contributed by atoms with E-state index in [9.17, 15) is 4.79 Å². The maximum Gasteiger partial charge on any atom is 0.331 e. The van der Waals surface area contributed by atoms with Crippen LogP contribution in [-0.2, 0) is 4.79 Å². The molecule has 0 unspecified atom stereocenters. The van der Waals surface area contributed by atoms with Crippen molar-refractivity contribution in [2.45, 2.75) is 19.8 Å². The van der Waals surface area contributed by atoms with Crippen LogP contribution in [0.2, 0.25) is 0 Å². The van der Waals surface area contributed by atoms with Crippen LogP contribution in [-0.4, -0.2) is 35.6 Å². The summed E-state index contributed by atoms with van der Waals surface area (Å²) in [5.74, 6) is -0.190. The molecule has 3 rings (SSSR count). The van der Waals surface area contributed by atoms with Crippen LogP contribution in [0.15, 0.2) is 11.1 Å². The topological polar surface area (TPSA) is 40.5 Å². The molecule has 0 atom stereocenters. The van der Waals surface area contributed by atoms with Crippen molar-refractivity contribution in [2.24, 2.45) is 5.92 Å². The Kier molecular flexibility index (Phi) is 3.56. The minimum absolute atomic E-state index is 0. The number of carboxylic acids is 1. The zero-order valence-corrected chi connectivity index (χ0v) is 9.14. The van der Waals surface area contributed by atoms with Crippen LogP contribution in [0.25, 0.3) is 0 Å². The minimum Gasteiger partial charge on any atom is -0.478 e. The van der Waals surface area contributed by atoms with Gasteiger partial charge < -0.3 is 5.11 Å². The Morgan fingerprint density at radius 3 is 2.36 bits per heavy atom. The van der Waals surface area contributed by atoms with Crippen molar-refractivity contribution >= 4 is 18.4 Å². The highest BCUT2D eigenvalue weighted by Crippen LogP contribution is 2.33. The summed E-state index contributed by atoms with van der Waals surface area (Å²) >= 11 is 0. The summed E-state index contributed by atoms with van der Waals surface area (Å²) in [5.41, 5.74) is 1.75. The van der Waals surface area contributed by atoms with Crippen molar-refractivity contribution in [1.82, 2.24) is 4.90 Å². The normalized spacial score (nSPS) is 33.5. The average Bonchev–Trinajstić information content (AvgIpc) is 2.18. The number of carboxylic acid groups (broad SMARTS) is 1. The quantitative estimate of drug-likeness (QED) is 0.678. The molecule has 3 heterocycles. The molecular weight excluding hydrogens is 202 g/mol. The monoisotopic (exact) mass is 217 g/mol. The lowest BCUT2D eigenvalue weighted by molar-refractivity contribution is -0.132. The Morgan fingerprint density at radius 1 is 1.43 bits per heavy atom. The Bertz CT molecular complexity index is 267. The van der Waals surface area contributed by atoms with Crippen LogP contribution >= 0.6 is 12.4 Å². The number of hydrogen-bond acceptors (Lipinski definition) is 2. The fourth-order valence-corrected chi connectivity index (χ4v) is 2.37. The standard InChI is InChI=1S/C10H15NO2.ClH/c1-7(10(12)13)9-6-11-4-2-8(9)3-5-11;/h8H,2-6H2,1H3,(H,12,13);1H/b9-7-;. The number of piperidine rings is 3. The van der Waals surface area contributed by atoms with E-state index in [2.05, 4.69) is 4.90 Å². The van der Waals surface area contributed by atoms with E-state index in [4.69, 9.17) is 5.11 Å². The summed E-state index contributed by atoms with van der Waals surface area (Å²) in [6.07, 6.45) is 2.31. The molecule has 0 aromatic carbocycles. The first-order chi connectivity index (χ1) is 6.18. The van der Waals surface area contributed by atoms with E-state index in [1.807, 2.05) is 0 Å². The second-order valence-corrected chi connectivity index (χ2v) is 4.01. The predicted octanol–water partition coefficient (Wildman–Crippen LogP) is 1.53. The van der Waals surface area contributed by atoms with E-state index in [0.717, 1.165) is 32.5 Å². The Balaban J connectivity index is 0.000000980. The molecule has 4 heteroatoms. The summed E-state index contributed by atoms with van der Waals surface area (Å²) in [4.78, 5) is 13.1. The molecule has 3 aliphatic heterocycles. The van der Waals surface area contributed by atoms with E-state index in [1.54, 1.807) is 6.92 Å². The van der Waals surface area contributed by atoms with Gasteiger partial charge in [0.2, 0.25) is 0 Å². The molecule has 0 spiro atoms. The number of fused-ring (bicyclic) bond motifs is 3. The first kappa shape index (κ1) is 11.5. The third-order valence-electron chi connectivity index (χ3n) is 3.28. The van der Waals surface area contributed by atoms with Gasteiger partial charge in [0.1, 0.15) is 0 Å². The van der Waals surface area contributed by atoms with Crippen LogP contribution in [0.3, 0.4) is 0 Å². The van der Waals surface area contributed by atoms with Crippen molar-refractivity contribution in [3.05, 3.63) is 11.1 Å². The van der Waals surface area contributed by atoms with Crippen molar-refractivity contribution in [3.8, 4) is 0 Å². The van der Waals surface area contributed by atoms with Gasteiger partial charge in [-0.15, -0.1) is 12.4 Å². The zero-order valence-electron chi connectivity index (χ0n) is 8.32. The van der Waals surface area contributed by atoms with Crippen LogP contribution in [0.4, 0.5) is 0 Å². The largest absolute Gasteiger partial charge is 0.478 e. The van der Waals surface area contributed by atoms with E-state index >= 15 is 0 Å². The van der Waals surface area contributed by atoms with Gasteiger partial charge >= 0.3 is 5.97 Å². The highest BCUT2D eigenvalue weighted by atomic mass is 35.5. The molecular formula is C10H16ClNO2. The molecule has 0 aliphatic carbocycles. The van der Waals surface area contributed by atoms with E-state index in [0.29, 0.717) is 11.5 Å². The second-order valence-electron chi connectivity index (χ2n) is 4.01. The maximum absolute atomic E-state index is 10.8. The van der Waals surface area contributed by atoms with Gasteiger partial charge in [-0.3, -0.25) is 4.90 Å². The van der Waals surface area contributed by atoms with Crippen molar-refractivity contribution in [3.63, 3.8) is 0 Å². The second kappa shape index (κ2) is 4.32. The minimum atomic E-state index is -0.747. The summed E-state index contributed by atoms with van der Waals surface area (Å²) in [6, 6.07) is 0. The molecule has 2 bridgehead atoms. The van der Waals surface area contributed by atoms with Crippen molar-refractivity contribution in [1.29, 1.82) is 0 Å². The van der Waals surface area contributed by atoms with Crippen LogP contribution < -0.4 is 0 Å². The Hall–Kier alpha value is -0.540. The van der Waals surface area contributed by atoms with Gasteiger partial charge in [-0.2, -0.15) is 0 Å². The van der Waals surface area contributed by atoms with Gasteiger partial charge in [-0.05, 0) is 44.3 Å². The van der Waals surface area contributed by atoms with E-state index in [-0.39, 0.29) is 12.4 Å². The average molecular weight is 218 g/mol. The number of rotatable bonds is 1. The predicted molar refractivity (Wildman–Crippen MR) is 56.7 cm³/mol. The van der Waals surface area contributed by atoms with E-state index in [1.165, 1.54) is 5.57 Å². The summed E-state index contributed by atoms with van der Waals surface area (Å²) in [7, 11) is 0. The molecule has 3 aliphatic rings. The molecule has 80 valence electrons. The first-order valence-corrected chi connectivity index (χ1v) is 4.84. The van der Waals surface area contributed by atoms with Gasteiger partial charge in [0.25, 0.3) is 0 Å². The fourth-order valence-electron chi connectivity index (χ4n) is 2.37. The first-order valence-electron chi connectivity index (χ1n) is 4.84. The molecule has 3 nitrogen and oxygen atoms in total. The molecule has 3 fully saturated rings. The molecule has 0 aromatic heterocycles. The van der Waals surface area contributed by atoms with Gasteiger partial charge in [0, 0.05) is 12.1 Å². The lowest BCUT2D eigenvalue weighted by Gasteiger charge is -2.41. The Morgan fingerprint density at radius 2 is 2.00 bits per heavy atom. The van der Waals surface area contributed by atoms with Gasteiger partial charge in [0.15, 0.2) is 0 Å². The number of halogens is 1. The lowest BCUT2D eigenvalue weighted by atomic mass is 9.81. The molecule has 14 heavy (non-hydrogen) atoms. The highest BCUT2D eigenvalue weighted by molar-refractivity contribution is 5.87. The van der Waals surface area contributed by atoms with Crippen LogP contribution in [0.5, 0.6) is 0 Å². The molecule has 1 N–H and O–H groups in total. The van der Waals surface area contributed by atoms with Crippen molar-refractivity contribution < 1.29 is 9.90 Å². The number of carbonyl (C=O) groups is 1. The summed E-state index contributed by atoms with van der Waals surface area (Å²) in [6.45, 7) is 4.93. The fraction of sp³-hybridized carbons (Fsp3) is 0.700. The smallest absolute Gasteiger partial charge is 0.331 e. The van der Waals surface area contributed by atoms with Gasteiger partial charge in [-0.25, -0.2) is 4.79 Å². The van der Waals surface area contributed by atoms with Crippen LogP contribution in [0.1, 0.15) is 19.8 Å². The lowest BCUT2D eigenvalue weighted by Crippen LogP contribution is -2.43. The van der Waals surface area contributed by atoms with Crippen molar-refractivity contribution in [2.75, 3.05) is 19.6 Å². The number of nitrogens with zero attached hydrogens (tertiary/aromatic N) is 1. The number of aliphatic carboxylic acids is 1. The third kappa shape index (κ3) is 1.93. The number of hydrogen-bond donors (Lipinski definition) is 1. The Labute approximate surface area is 90.2 Å². The maximum atomic E-state index is 10.8. The third-order valence-corrected chi connectivity index (χ3v) is 3.28. The highest BCUT2D eigenvalue weighted by Gasteiger charge is 2.31. The molecule has 3 saturated heterocycles. The zero-order chi connectivity index (χ0) is 9.42. The SMILES string of the molecule is C/C(C(=O)O)=C1\CN2CCC1CC2.Cl. The summed E-state index contributed by atoms with van der Waals surface area (Å²) < 4.78 is 0. The van der Waals surface area contributed by atoms with Gasteiger partial charge in [-0.1, -0.05) is 0 Å².